The van der Waals surface area contributed by atoms with Crippen LogP contribution in [0.3, 0.4) is 0 Å². The van der Waals surface area contributed by atoms with Gasteiger partial charge in [-0.1, -0.05) is 11.2 Å². The number of rotatable bonds is 3. The maximum Gasteiger partial charge on any atom is 0.586 e. The fourth-order valence-corrected chi connectivity index (χ4v) is 4.02. The van der Waals surface area contributed by atoms with Crippen molar-refractivity contribution in [1.29, 1.82) is 0 Å². The molecular weight excluding hydrogens is 334 g/mol. The van der Waals surface area contributed by atoms with E-state index in [1.165, 1.54) is 12.1 Å². The highest BCUT2D eigenvalue weighted by atomic mass is 19.3. The summed E-state index contributed by atoms with van der Waals surface area (Å²) in [5, 5.41) is 4.05. The highest BCUT2D eigenvalue weighted by Crippen LogP contribution is 2.65. The Labute approximate surface area is 142 Å². The molecular formula is C17H16F2N2O4. The second-order valence-corrected chi connectivity index (χ2v) is 7.33. The first-order chi connectivity index (χ1) is 11.8. The molecule has 2 fully saturated rings. The zero-order valence-corrected chi connectivity index (χ0v) is 13.7. The van der Waals surface area contributed by atoms with Crippen molar-refractivity contribution in [2.75, 3.05) is 6.61 Å². The van der Waals surface area contributed by atoms with Gasteiger partial charge in [-0.15, -0.1) is 8.78 Å². The molecule has 1 aliphatic carbocycles. The number of alkyl halides is 2. The van der Waals surface area contributed by atoms with Crippen molar-refractivity contribution in [2.24, 2.45) is 5.92 Å². The summed E-state index contributed by atoms with van der Waals surface area (Å²) >= 11 is 0. The third-order valence-corrected chi connectivity index (χ3v) is 5.50. The highest BCUT2D eigenvalue weighted by Gasteiger charge is 2.72. The van der Waals surface area contributed by atoms with Crippen LogP contribution in [0.5, 0.6) is 11.5 Å². The SMILES string of the molecule is CC1(C)OCC2CC21c1nc(Cc2ccc3c(c2)OC(F)(F)O3)no1. The Kier molecular flexibility index (Phi) is 2.70. The lowest BCUT2D eigenvalue weighted by atomic mass is 9.87. The van der Waals surface area contributed by atoms with Crippen LogP contribution in [0.4, 0.5) is 8.78 Å². The minimum absolute atomic E-state index is 0.0115. The molecule has 0 spiro atoms. The van der Waals surface area contributed by atoms with E-state index in [0.29, 0.717) is 30.7 Å². The largest absolute Gasteiger partial charge is 0.586 e. The van der Waals surface area contributed by atoms with E-state index in [1.807, 2.05) is 13.8 Å². The molecule has 3 aliphatic rings. The first-order valence-corrected chi connectivity index (χ1v) is 8.15. The quantitative estimate of drug-likeness (QED) is 0.848. The van der Waals surface area contributed by atoms with E-state index in [-0.39, 0.29) is 22.5 Å². The Morgan fingerprint density at radius 3 is 2.72 bits per heavy atom. The van der Waals surface area contributed by atoms with Crippen molar-refractivity contribution in [3.05, 3.63) is 35.5 Å². The summed E-state index contributed by atoms with van der Waals surface area (Å²) in [7, 11) is 0. The third-order valence-electron chi connectivity index (χ3n) is 5.50. The van der Waals surface area contributed by atoms with Gasteiger partial charge in [-0.3, -0.25) is 0 Å². The van der Waals surface area contributed by atoms with Crippen molar-refractivity contribution in [2.45, 2.75) is 44.0 Å². The van der Waals surface area contributed by atoms with Crippen molar-refractivity contribution in [3.63, 3.8) is 0 Å². The maximum atomic E-state index is 13.1. The summed E-state index contributed by atoms with van der Waals surface area (Å²) < 4.78 is 46.4. The monoisotopic (exact) mass is 350 g/mol. The van der Waals surface area contributed by atoms with Crippen LogP contribution in [0.1, 0.15) is 37.5 Å². The smallest absolute Gasteiger partial charge is 0.395 e. The number of hydrogen-bond donors (Lipinski definition) is 0. The molecule has 0 N–H and O–H groups in total. The van der Waals surface area contributed by atoms with Crippen LogP contribution in [0.2, 0.25) is 0 Å². The summed E-state index contributed by atoms with van der Waals surface area (Å²) in [4.78, 5) is 4.54. The van der Waals surface area contributed by atoms with E-state index < -0.39 is 6.29 Å². The number of halogens is 2. The summed E-state index contributed by atoms with van der Waals surface area (Å²) in [5.41, 5.74) is 0.209. The van der Waals surface area contributed by atoms with Gasteiger partial charge in [-0.2, -0.15) is 4.98 Å². The Bertz CT molecular complexity index is 866. The Morgan fingerprint density at radius 2 is 2.00 bits per heavy atom. The normalized spacial score (nSPS) is 30.3. The topological polar surface area (TPSA) is 66.6 Å². The summed E-state index contributed by atoms with van der Waals surface area (Å²) in [6, 6.07) is 4.64. The Morgan fingerprint density at radius 1 is 1.20 bits per heavy atom. The molecule has 1 aromatic heterocycles. The number of fused-ring (bicyclic) bond motifs is 2. The van der Waals surface area contributed by atoms with E-state index in [0.717, 1.165) is 12.0 Å². The molecule has 2 aromatic rings. The highest BCUT2D eigenvalue weighted by molar-refractivity contribution is 5.45. The van der Waals surface area contributed by atoms with E-state index >= 15 is 0 Å². The van der Waals surface area contributed by atoms with Crippen molar-refractivity contribution >= 4 is 0 Å². The van der Waals surface area contributed by atoms with Gasteiger partial charge in [0.15, 0.2) is 17.3 Å². The van der Waals surface area contributed by atoms with E-state index in [1.54, 1.807) is 6.07 Å². The van der Waals surface area contributed by atoms with Gasteiger partial charge in [-0.05, 0) is 38.0 Å². The fraction of sp³-hybridized carbons (Fsp3) is 0.529. The molecule has 2 aliphatic heterocycles. The lowest BCUT2D eigenvalue weighted by molar-refractivity contribution is -0.286. The van der Waals surface area contributed by atoms with Crippen LogP contribution in [-0.2, 0) is 16.6 Å². The van der Waals surface area contributed by atoms with Crippen molar-refractivity contribution < 1.29 is 27.5 Å². The molecule has 1 saturated heterocycles. The van der Waals surface area contributed by atoms with Gasteiger partial charge in [0.05, 0.1) is 17.6 Å². The van der Waals surface area contributed by atoms with Gasteiger partial charge in [0.1, 0.15) is 0 Å². The molecule has 1 aromatic carbocycles. The minimum atomic E-state index is -3.62. The molecule has 3 heterocycles. The van der Waals surface area contributed by atoms with Gasteiger partial charge in [0.2, 0.25) is 5.89 Å². The number of hydrogen-bond acceptors (Lipinski definition) is 6. The third kappa shape index (κ3) is 2.09. The van der Waals surface area contributed by atoms with Crippen LogP contribution in [0.25, 0.3) is 0 Å². The van der Waals surface area contributed by atoms with E-state index in [4.69, 9.17) is 9.26 Å². The lowest BCUT2D eigenvalue weighted by Gasteiger charge is -2.27. The lowest BCUT2D eigenvalue weighted by Crippen LogP contribution is -2.35. The molecule has 8 heteroatoms. The van der Waals surface area contributed by atoms with Crippen LogP contribution in [0.15, 0.2) is 22.7 Å². The van der Waals surface area contributed by atoms with Crippen molar-refractivity contribution in [3.8, 4) is 11.5 Å². The van der Waals surface area contributed by atoms with Gasteiger partial charge >= 0.3 is 6.29 Å². The van der Waals surface area contributed by atoms with Crippen molar-refractivity contribution in [1.82, 2.24) is 10.1 Å². The maximum absolute atomic E-state index is 13.1. The van der Waals surface area contributed by atoms with Crippen LogP contribution < -0.4 is 9.47 Å². The van der Waals surface area contributed by atoms with Gasteiger partial charge in [-0.25, -0.2) is 0 Å². The molecule has 25 heavy (non-hydrogen) atoms. The average Bonchev–Trinajstić information content (AvgIpc) is 2.79. The average molecular weight is 350 g/mol. The van der Waals surface area contributed by atoms with Crippen LogP contribution >= 0.6 is 0 Å². The van der Waals surface area contributed by atoms with Gasteiger partial charge < -0.3 is 18.7 Å². The first-order valence-electron chi connectivity index (χ1n) is 8.15. The molecule has 5 rings (SSSR count). The van der Waals surface area contributed by atoms with Crippen LogP contribution in [-0.4, -0.2) is 28.6 Å². The second-order valence-electron chi connectivity index (χ2n) is 7.33. The van der Waals surface area contributed by atoms with Gasteiger partial charge in [0, 0.05) is 12.3 Å². The number of ether oxygens (including phenoxy) is 3. The zero-order chi connectivity index (χ0) is 17.4. The van der Waals surface area contributed by atoms with Crippen LogP contribution in [0, 0.1) is 5.92 Å². The second kappa shape index (κ2) is 4.49. The molecule has 0 amide bonds. The molecule has 0 radical (unpaired) electrons. The molecule has 1 saturated carbocycles. The van der Waals surface area contributed by atoms with E-state index in [9.17, 15) is 8.78 Å². The number of nitrogens with zero attached hydrogens (tertiary/aromatic N) is 2. The molecule has 2 atom stereocenters. The molecule has 6 nitrogen and oxygen atoms in total. The Balaban J connectivity index is 1.38. The number of benzene rings is 1. The Hall–Kier alpha value is -2.22. The zero-order valence-electron chi connectivity index (χ0n) is 13.7. The molecule has 132 valence electrons. The fourth-order valence-electron chi connectivity index (χ4n) is 4.02. The molecule has 0 bridgehead atoms. The van der Waals surface area contributed by atoms with E-state index in [2.05, 4.69) is 19.6 Å². The molecule has 2 unspecified atom stereocenters. The summed E-state index contributed by atoms with van der Waals surface area (Å²) in [6.07, 6.45) is -2.27. The summed E-state index contributed by atoms with van der Waals surface area (Å²) in [6.45, 7) is 4.80. The first kappa shape index (κ1) is 15.1. The number of aromatic nitrogens is 2. The predicted octanol–water partition coefficient (Wildman–Crippen LogP) is 3.05. The standard InChI is InChI=1S/C17H16F2N2O4/c1-15(2)16(7-10(16)8-22-15)14-20-13(21-25-14)6-9-3-4-11-12(5-9)24-17(18,19)23-11/h3-5,10H,6-8H2,1-2H3. The summed E-state index contributed by atoms with van der Waals surface area (Å²) in [5.74, 6) is 1.55. The van der Waals surface area contributed by atoms with Gasteiger partial charge in [0.25, 0.3) is 0 Å². The minimum Gasteiger partial charge on any atom is -0.395 e. The predicted molar refractivity (Wildman–Crippen MR) is 79.6 cm³/mol.